The minimum atomic E-state index is -4.75. The lowest BCUT2D eigenvalue weighted by Crippen LogP contribution is -2.18. The molecule has 0 unspecified atom stereocenters. The number of aliphatic carboxylic acids is 1. The van der Waals surface area contributed by atoms with Crippen molar-refractivity contribution < 1.29 is 23.1 Å². The molecular formula is C19H13Cl2F3N2O2. The summed E-state index contributed by atoms with van der Waals surface area (Å²) >= 11 is 12.1. The summed E-state index contributed by atoms with van der Waals surface area (Å²) in [6.45, 7) is 1.29. The lowest BCUT2D eigenvalue weighted by molar-refractivity contribution is -0.209. The maximum absolute atomic E-state index is 13.4. The standard InChI is InChI=1S/C19H13Cl2F3N2O2/c1-10(18(27)28)7-15-17-12(8-11-5-6-13(20)9-14(11)21)3-2-4-16(17)26(25-15)19(22,23)24/h2-7,9H,8H2,1H3,(H,27,28)/b10-7+. The maximum Gasteiger partial charge on any atom is 0.505 e. The molecule has 0 aliphatic rings. The number of hydrogen-bond acceptors (Lipinski definition) is 2. The van der Waals surface area contributed by atoms with Gasteiger partial charge in [0.2, 0.25) is 0 Å². The number of carbonyl (C=O) groups is 1. The molecule has 0 bridgehead atoms. The van der Waals surface area contributed by atoms with Crippen molar-refractivity contribution in [1.82, 2.24) is 9.78 Å². The van der Waals surface area contributed by atoms with Crippen LogP contribution in [0, 0.1) is 0 Å². The van der Waals surface area contributed by atoms with Crippen molar-refractivity contribution in [3.8, 4) is 0 Å². The fourth-order valence-corrected chi connectivity index (χ4v) is 3.32. The third-order valence-corrected chi connectivity index (χ3v) is 4.73. The van der Waals surface area contributed by atoms with E-state index in [9.17, 15) is 18.0 Å². The van der Waals surface area contributed by atoms with Gasteiger partial charge in [0.05, 0.1) is 11.2 Å². The second kappa shape index (κ2) is 7.48. The first-order valence-corrected chi connectivity index (χ1v) is 8.77. The lowest BCUT2D eigenvalue weighted by Gasteiger charge is -2.09. The van der Waals surface area contributed by atoms with Crippen LogP contribution in [0.15, 0.2) is 42.0 Å². The minimum absolute atomic E-state index is 0.0593. The van der Waals surface area contributed by atoms with E-state index in [2.05, 4.69) is 5.10 Å². The van der Waals surface area contributed by atoms with Crippen LogP contribution in [-0.4, -0.2) is 20.9 Å². The highest BCUT2D eigenvalue weighted by Gasteiger charge is 2.35. The van der Waals surface area contributed by atoms with Gasteiger partial charge in [0.1, 0.15) is 0 Å². The molecule has 0 atom stereocenters. The molecule has 0 saturated heterocycles. The van der Waals surface area contributed by atoms with Crippen LogP contribution in [0.5, 0.6) is 0 Å². The van der Waals surface area contributed by atoms with Crippen molar-refractivity contribution in [2.75, 3.05) is 0 Å². The molecule has 28 heavy (non-hydrogen) atoms. The van der Waals surface area contributed by atoms with Crippen LogP contribution in [0.4, 0.5) is 13.2 Å². The molecule has 1 heterocycles. The summed E-state index contributed by atoms with van der Waals surface area (Å²) in [6, 6.07) is 9.31. The normalized spacial score (nSPS) is 12.6. The van der Waals surface area contributed by atoms with E-state index in [0.29, 0.717) is 21.2 Å². The van der Waals surface area contributed by atoms with Gasteiger partial charge in [-0.05, 0) is 48.7 Å². The van der Waals surface area contributed by atoms with Gasteiger partial charge in [0, 0.05) is 21.0 Å². The number of halogens is 5. The molecule has 3 aromatic rings. The zero-order valence-electron chi connectivity index (χ0n) is 14.4. The van der Waals surface area contributed by atoms with Crippen LogP contribution in [0.2, 0.25) is 10.0 Å². The Kier molecular flexibility index (Phi) is 5.41. The Balaban J connectivity index is 2.24. The summed E-state index contributed by atoms with van der Waals surface area (Å²) < 4.78 is 40.2. The van der Waals surface area contributed by atoms with Crippen LogP contribution in [0.1, 0.15) is 23.7 Å². The molecule has 0 aliphatic heterocycles. The van der Waals surface area contributed by atoms with Gasteiger partial charge < -0.3 is 5.11 Å². The first-order valence-electron chi connectivity index (χ1n) is 8.01. The number of rotatable bonds is 4. The Morgan fingerprint density at radius 1 is 1.21 bits per heavy atom. The monoisotopic (exact) mass is 428 g/mol. The summed E-state index contributed by atoms with van der Waals surface area (Å²) in [4.78, 5) is 11.1. The molecule has 0 fully saturated rings. The van der Waals surface area contributed by atoms with E-state index >= 15 is 0 Å². The average molecular weight is 429 g/mol. The molecule has 4 nitrogen and oxygen atoms in total. The van der Waals surface area contributed by atoms with Crippen molar-refractivity contribution in [3.63, 3.8) is 0 Å². The minimum Gasteiger partial charge on any atom is -0.478 e. The van der Waals surface area contributed by atoms with Crippen molar-refractivity contribution in [2.45, 2.75) is 19.6 Å². The van der Waals surface area contributed by atoms with Crippen molar-refractivity contribution in [1.29, 1.82) is 0 Å². The van der Waals surface area contributed by atoms with Crippen LogP contribution in [-0.2, 0) is 17.5 Å². The molecule has 0 spiro atoms. The number of nitrogens with zero attached hydrogens (tertiary/aromatic N) is 2. The fraction of sp³-hybridized carbons (Fsp3) is 0.158. The number of alkyl halides is 3. The van der Waals surface area contributed by atoms with Gasteiger partial charge in [0.25, 0.3) is 0 Å². The van der Waals surface area contributed by atoms with E-state index in [1.165, 1.54) is 19.1 Å². The molecule has 1 aromatic heterocycles. The molecule has 0 amide bonds. The van der Waals surface area contributed by atoms with Gasteiger partial charge >= 0.3 is 12.3 Å². The summed E-state index contributed by atoms with van der Waals surface area (Å²) in [5.74, 6) is -1.24. The number of fused-ring (bicyclic) bond motifs is 1. The number of carboxylic acids is 1. The number of hydrogen-bond donors (Lipinski definition) is 1. The zero-order valence-corrected chi connectivity index (χ0v) is 15.9. The largest absolute Gasteiger partial charge is 0.505 e. The molecule has 9 heteroatoms. The Morgan fingerprint density at radius 3 is 2.54 bits per heavy atom. The fourth-order valence-electron chi connectivity index (χ4n) is 2.85. The van der Waals surface area contributed by atoms with Crippen LogP contribution in [0.25, 0.3) is 17.0 Å². The van der Waals surface area contributed by atoms with Crippen LogP contribution >= 0.6 is 23.2 Å². The summed E-state index contributed by atoms with van der Waals surface area (Å²) in [7, 11) is 0. The second-order valence-corrected chi connectivity index (χ2v) is 6.96. The Morgan fingerprint density at radius 2 is 1.93 bits per heavy atom. The van der Waals surface area contributed by atoms with E-state index in [-0.39, 0.29) is 33.3 Å². The SMILES string of the molecule is C/C(=C\c1nn(C(F)(F)F)c2cccc(Cc3ccc(Cl)cc3Cl)c12)C(=O)O. The third-order valence-electron chi connectivity index (χ3n) is 4.15. The Hall–Kier alpha value is -2.51. The molecule has 0 aliphatic carbocycles. The van der Waals surface area contributed by atoms with E-state index < -0.39 is 12.3 Å². The van der Waals surface area contributed by atoms with E-state index in [0.717, 1.165) is 6.08 Å². The first kappa shape index (κ1) is 20.2. The molecule has 2 aromatic carbocycles. The van der Waals surface area contributed by atoms with E-state index in [1.807, 2.05) is 0 Å². The predicted octanol–water partition coefficient (Wildman–Crippen LogP) is 5.90. The summed E-state index contributed by atoms with van der Waals surface area (Å²) in [5, 5.41) is 13.8. The van der Waals surface area contributed by atoms with E-state index in [1.54, 1.807) is 24.3 Å². The highest BCUT2D eigenvalue weighted by atomic mass is 35.5. The molecule has 0 radical (unpaired) electrons. The van der Waals surface area contributed by atoms with Crippen molar-refractivity contribution >= 4 is 46.2 Å². The molecular weight excluding hydrogens is 416 g/mol. The number of carboxylic acid groups (broad SMARTS) is 1. The molecule has 0 saturated carbocycles. The third kappa shape index (κ3) is 4.00. The van der Waals surface area contributed by atoms with Gasteiger partial charge in [0.15, 0.2) is 0 Å². The highest BCUT2D eigenvalue weighted by molar-refractivity contribution is 6.35. The quantitative estimate of drug-likeness (QED) is 0.526. The molecule has 146 valence electrons. The maximum atomic E-state index is 13.4. The highest BCUT2D eigenvalue weighted by Crippen LogP contribution is 2.33. The van der Waals surface area contributed by atoms with Gasteiger partial charge in [-0.25, -0.2) is 4.79 Å². The molecule has 1 N–H and O–H groups in total. The van der Waals surface area contributed by atoms with Crippen molar-refractivity contribution in [2.24, 2.45) is 0 Å². The zero-order chi connectivity index (χ0) is 20.6. The van der Waals surface area contributed by atoms with Crippen molar-refractivity contribution in [3.05, 3.63) is 68.8 Å². The topological polar surface area (TPSA) is 55.1 Å². The van der Waals surface area contributed by atoms with Gasteiger partial charge in [-0.15, -0.1) is 13.2 Å². The smallest absolute Gasteiger partial charge is 0.478 e. The Bertz CT molecular complexity index is 1100. The summed E-state index contributed by atoms with van der Waals surface area (Å²) in [6.07, 6.45) is -3.40. The number of benzene rings is 2. The van der Waals surface area contributed by atoms with Crippen LogP contribution < -0.4 is 0 Å². The van der Waals surface area contributed by atoms with E-state index in [4.69, 9.17) is 28.3 Å². The average Bonchev–Trinajstić information content (AvgIpc) is 2.97. The first-order chi connectivity index (χ1) is 13.1. The number of aromatic nitrogens is 2. The predicted molar refractivity (Wildman–Crippen MR) is 102 cm³/mol. The van der Waals surface area contributed by atoms with Gasteiger partial charge in [-0.1, -0.05) is 41.4 Å². The Labute approximate surface area is 167 Å². The van der Waals surface area contributed by atoms with Gasteiger partial charge in [-0.3, -0.25) is 0 Å². The lowest BCUT2D eigenvalue weighted by atomic mass is 9.99. The second-order valence-electron chi connectivity index (χ2n) is 6.12. The molecule has 3 rings (SSSR count). The van der Waals surface area contributed by atoms with Crippen LogP contribution in [0.3, 0.4) is 0 Å². The summed E-state index contributed by atoms with van der Waals surface area (Å²) in [5.41, 5.74) is 0.824. The van der Waals surface area contributed by atoms with Gasteiger partial charge in [-0.2, -0.15) is 9.78 Å².